The lowest BCUT2D eigenvalue weighted by atomic mass is 10.1. The number of amides is 1. The van der Waals surface area contributed by atoms with Gasteiger partial charge in [0.1, 0.15) is 0 Å². The van der Waals surface area contributed by atoms with Gasteiger partial charge < -0.3 is 14.5 Å². The predicted octanol–water partition coefficient (Wildman–Crippen LogP) is 2.74. The van der Waals surface area contributed by atoms with E-state index < -0.39 is 12.1 Å². The van der Waals surface area contributed by atoms with Crippen molar-refractivity contribution < 1.29 is 14.3 Å². The number of nitrogens with zero attached hydrogens (tertiary/aromatic N) is 2. The van der Waals surface area contributed by atoms with Gasteiger partial charge in [0, 0.05) is 39.4 Å². The Balaban J connectivity index is 2.22. The molecule has 0 saturated carbocycles. The summed E-state index contributed by atoms with van der Waals surface area (Å²) in [5.74, 6) is -0.802. The van der Waals surface area contributed by atoms with E-state index in [-0.39, 0.29) is 5.91 Å². The van der Waals surface area contributed by atoms with Gasteiger partial charge in [0.25, 0.3) is 5.91 Å². The quantitative estimate of drug-likeness (QED) is 0.793. The van der Waals surface area contributed by atoms with E-state index in [0.717, 1.165) is 5.69 Å². The van der Waals surface area contributed by atoms with Crippen LogP contribution in [0.1, 0.15) is 22.0 Å². The average molecular weight is 326 g/mol. The second kappa shape index (κ2) is 7.64. The van der Waals surface area contributed by atoms with Gasteiger partial charge in [-0.25, -0.2) is 4.79 Å². The molecule has 0 aliphatic heterocycles. The Hall–Kier alpha value is -2.82. The van der Waals surface area contributed by atoms with Crippen LogP contribution < -0.4 is 4.90 Å². The van der Waals surface area contributed by atoms with Crippen molar-refractivity contribution in [3.63, 3.8) is 0 Å². The first-order valence-electron chi connectivity index (χ1n) is 7.64. The zero-order valence-corrected chi connectivity index (χ0v) is 14.4. The Morgan fingerprint density at radius 2 is 1.46 bits per heavy atom. The summed E-state index contributed by atoms with van der Waals surface area (Å²) in [5, 5.41) is 0. The van der Waals surface area contributed by atoms with Gasteiger partial charge in [-0.05, 0) is 24.3 Å². The van der Waals surface area contributed by atoms with Gasteiger partial charge >= 0.3 is 5.97 Å². The third kappa shape index (κ3) is 4.13. The lowest BCUT2D eigenvalue weighted by molar-refractivity contribution is -0.138. The number of carbonyl (C=O) groups is 2. The molecule has 0 fully saturated rings. The Morgan fingerprint density at radius 3 is 1.96 bits per heavy atom. The first-order valence-corrected chi connectivity index (χ1v) is 7.64. The monoisotopic (exact) mass is 326 g/mol. The number of esters is 1. The highest BCUT2D eigenvalue weighted by Gasteiger charge is 2.26. The Bertz CT molecular complexity index is 694. The number of benzene rings is 2. The van der Waals surface area contributed by atoms with Crippen LogP contribution in [0, 0.1) is 0 Å². The molecule has 2 rings (SSSR count). The van der Waals surface area contributed by atoms with Crippen LogP contribution in [0.4, 0.5) is 5.69 Å². The Labute approximate surface area is 142 Å². The second-order valence-electron chi connectivity index (χ2n) is 5.87. The van der Waals surface area contributed by atoms with Gasteiger partial charge in [0.2, 0.25) is 6.10 Å². The van der Waals surface area contributed by atoms with Gasteiger partial charge in [-0.1, -0.05) is 30.3 Å². The molecule has 0 heterocycles. The van der Waals surface area contributed by atoms with E-state index in [2.05, 4.69) is 0 Å². The molecule has 2 aromatic carbocycles. The minimum absolute atomic E-state index is 0.278. The lowest BCUT2D eigenvalue weighted by Gasteiger charge is -2.21. The van der Waals surface area contributed by atoms with Crippen LogP contribution in [0.2, 0.25) is 0 Å². The van der Waals surface area contributed by atoms with Crippen LogP contribution in [0.15, 0.2) is 54.6 Å². The maximum atomic E-state index is 12.4. The van der Waals surface area contributed by atoms with Crippen molar-refractivity contribution in [1.82, 2.24) is 4.90 Å². The fourth-order valence-electron chi connectivity index (χ4n) is 2.19. The molecule has 0 bridgehead atoms. The number of carbonyl (C=O) groups excluding carboxylic acids is 2. The zero-order valence-electron chi connectivity index (χ0n) is 14.4. The van der Waals surface area contributed by atoms with E-state index in [1.54, 1.807) is 38.4 Å². The van der Waals surface area contributed by atoms with Crippen LogP contribution in [-0.2, 0) is 9.53 Å². The molecule has 0 saturated heterocycles. The van der Waals surface area contributed by atoms with Crippen LogP contribution in [0.25, 0.3) is 0 Å². The number of likely N-dealkylation sites (N-methyl/N-ethyl adjacent to an activating group) is 1. The molecular formula is C19H22N2O3. The summed E-state index contributed by atoms with van der Waals surface area (Å²) in [5.41, 5.74) is 2.04. The Kier molecular flexibility index (Phi) is 5.58. The van der Waals surface area contributed by atoms with Crippen molar-refractivity contribution in [2.45, 2.75) is 6.10 Å². The maximum absolute atomic E-state index is 12.4. The van der Waals surface area contributed by atoms with Gasteiger partial charge in [-0.3, -0.25) is 4.79 Å². The summed E-state index contributed by atoms with van der Waals surface area (Å²) in [4.78, 5) is 28.2. The van der Waals surface area contributed by atoms with Crippen molar-refractivity contribution in [2.24, 2.45) is 0 Å². The van der Waals surface area contributed by atoms with Crippen LogP contribution in [-0.4, -0.2) is 45.0 Å². The summed E-state index contributed by atoms with van der Waals surface area (Å²) < 4.78 is 5.50. The molecular weight excluding hydrogens is 304 g/mol. The summed E-state index contributed by atoms with van der Waals surface area (Å²) in [6.07, 6.45) is -0.956. The van der Waals surface area contributed by atoms with Crippen molar-refractivity contribution in [2.75, 3.05) is 33.1 Å². The van der Waals surface area contributed by atoms with Gasteiger partial charge in [-0.15, -0.1) is 0 Å². The fraction of sp³-hybridized carbons (Fsp3) is 0.263. The molecule has 0 N–H and O–H groups in total. The number of rotatable bonds is 5. The largest absolute Gasteiger partial charge is 0.444 e. The molecule has 1 atom stereocenters. The van der Waals surface area contributed by atoms with Crippen molar-refractivity contribution in [3.8, 4) is 0 Å². The van der Waals surface area contributed by atoms with E-state index in [1.165, 1.54) is 4.90 Å². The molecule has 126 valence electrons. The van der Waals surface area contributed by atoms with Gasteiger partial charge in [0.15, 0.2) is 0 Å². The fourth-order valence-corrected chi connectivity index (χ4v) is 2.19. The summed E-state index contributed by atoms with van der Waals surface area (Å²) in [7, 11) is 7.12. The highest BCUT2D eigenvalue weighted by Crippen LogP contribution is 2.22. The van der Waals surface area contributed by atoms with E-state index >= 15 is 0 Å². The summed E-state index contributed by atoms with van der Waals surface area (Å²) in [6.45, 7) is 0. The standard InChI is InChI=1S/C19H22N2O3/c1-20(2)16-12-10-15(11-13-16)19(23)24-17(18(22)21(3)4)14-8-6-5-7-9-14/h5-13,17H,1-4H3/t17-/m0/s1. The molecule has 5 heteroatoms. The SMILES string of the molecule is CN(C)C(=O)[C@@H](OC(=O)c1ccc(N(C)C)cc1)c1ccccc1. The molecule has 0 spiro atoms. The number of ether oxygens (including phenoxy) is 1. The van der Waals surface area contributed by atoms with E-state index in [0.29, 0.717) is 11.1 Å². The van der Waals surface area contributed by atoms with Gasteiger partial charge in [-0.2, -0.15) is 0 Å². The summed E-state index contributed by atoms with van der Waals surface area (Å²) >= 11 is 0. The molecule has 0 radical (unpaired) electrons. The smallest absolute Gasteiger partial charge is 0.339 e. The molecule has 1 amide bonds. The molecule has 0 aromatic heterocycles. The Morgan fingerprint density at radius 1 is 0.875 bits per heavy atom. The van der Waals surface area contributed by atoms with E-state index in [9.17, 15) is 9.59 Å². The first-order chi connectivity index (χ1) is 11.4. The third-order valence-electron chi connectivity index (χ3n) is 3.61. The highest BCUT2D eigenvalue weighted by atomic mass is 16.5. The minimum atomic E-state index is -0.956. The predicted molar refractivity (Wildman–Crippen MR) is 94.1 cm³/mol. The number of hydrogen-bond acceptors (Lipinski definition) is 4. The molecule has 0 unspecified atom stereocenters. The molecule has 24 heavy (non-hydrogen) atoms. The van der Waals surface area contributed by atoms with E-state index in [1.807, 2.05) is 49.3 Å². The minimum Gasteiger partial charge on any atom is -0.444 e. The number of hydrogen-bond donors (Lipinski definition) is 0. The first kappa shape index (κ1) is 17.5. The van der Waals surface area contributed by atoms with Crippen LogP contribution >= 0.6 is 0 Å². The van der Waals surface area contributed by atoms with Crippen molar-refractivity contribution >= 4 is 17.6 Å². The van der Waals surface area contributed by atoms with Crippen molar-refractivity contribution in [3.05, 3.63) is 65.7 Å². The summed E-state index contributed by atoms with van der Waals surface area (Å²) in [6, 6.07) is 16.1. The zero-order chi connectivity index (χ0) is 17.7. The topological polar surface area (TPSA) is 49.9 Å². The highest BCUT2D eigenvalue weighted by molar-refractivity contribution is 5.93. The normalized spacial score (nSPS) is 11.5. The average Bonchev–Trinajstić information content (AvgIpc) is 2.59. The second-order valence-corrected chi connectivity index (χ2v) is 5.87. The third-order valence-corrected chi connectivity index (χ3v) is 3.61. The molecule has 0 aliphatic rings. The molecule has 0 aliphatic carbocycles. The van der Waals surface area contributed by atoms with Crippen LogP contribution in [0.3, 0.4) is 0 Å². The van der Waals surface area contributed by atoms with E-state index in [4.69, 9.17) is 4.74 Å². The van der Waals surface area contributed by atoms with Crippen LogP contribution in [0.5, 0.6) is 0 Å². The van der Waals surface area contributed by atoms with Gasteiger partial charge in [0.05, 0.1) is 5.56 Å². The molecule has 2 aromatic rings. The lowest BCUT2D eigenvalue weighted by Crippen LogP contribution is -2.31. The number of anilines is 1. The maximum Gasteiger partial charge on any atom is 0.339 e. The van der Waals surface area contributed by atoms with Crippen molar-refractivity contribution in [1.29, 1.82) is 0 Å². The molecule has 5 nitrogen and oxygen atoms in total.